The fourth-order valence-corrected chi connectivity index (χ4v) is 2.38. The molecule has 1 heterocycles. The molecule has 0 spiro atoms. The molecule has 0 amide bonds. The van der Waals surface area contributed by atoms with Crippen molar-refractivity contribution in [1.82, 2.24) is 10.2 Å². The van der Waals surface area contributed by atoms with Crippen LogP contribution in [-0.2, 0) is 6.54 Å². The summed E-state index contributed by atoms with van der Waals surface area (Å²) in [6.07, 6.45) is 0. The average Bonchev–Trinajstić information content (AvgIpc) is 2.29. The van der Waals surface area contributed by atoms with Gasteiger partial charge in [0, 0.05) is 32.2 Å². The minimum Gasteiger partial charge on any atom is -0.311 e. The Balaban J connectivity index is 1.94. The maximum absolute atomic E-state index is 3.63. The third-order valence-electron chi connectivity index (χ3n) is 3.55. The van der Waals surface area contributed by atoms with E-state index in [1.54, 1.807) is 0 Å². The number of nitrogens with one attached hydrogen (secondary N) is 1. The summed E-state index contributed by atoms with van der Waals surface area (Å²) in [6.45, 7) is 11.4. The molecule has 1 N–H and O–H groups in total. The van der Waals surface area contributed by atoms with Crippen LogP contribution in [0.3, 0.4) is 0 Å². The molecule has 0 aliphatic carbocycles. The molecule has 1 aliphatic heterocycles. The second kappa shape index (κ2) is 5.19. The Morgan fingerprint density at radius 3 is 2.59 bits per heavy atom. The van der Waals surface area contributed by atoms with E-state index in [1.165, 1.54) is 5.56 Å². The zero-order chi connectivity index (χ0) is 12.3. The maximum Gasteiger partial charge on any atom is 0.0244 e. The molecule has 2 nitrogen and oxygen atoms in total. The van der Waals surface area contributed by atoms with Gasteiger partial charge in [0.25, 0.3) is 0 Å². The Labute approximate surface area is 105 Å². The van der Waals surface area contributed by atoms with Crippen LogP contribution in [0.4, 0.5) is 0 Å². The van der Waals surface area contributed by atoms with E-state index in [1.807, 2.05) is 0 Å². The largest absolute Gasteiger partial charge is 0.311 e. The zero-order valence-electron chi connectivity index (χ0n) is 11.2. The van der Waals surface area contributed by atoms with Gasteiger partial charge in [0.1, 0.15) is 0 Å². The first-order valence-corrected chi connectivity index (χ1v) is 6.55. The van der Waals surface area contributed by atoms with Crippen molar-refractivity contribution in [2.24, 2.45) is 5.41 Å². The topological polar surface area (TPSA) is 15.3 Å². The minimum atomic E-state index is 0.343. The Kier molecular flexibility index (Phi) is 3.85. The standard InChI is InChI=1S/C15H24N2/c1-15(2,3)14-12-17(10-9-16-14)11-13-7-5-4-6-8-13/h4-8,14,16H,9-12H2,1-3H3/t14-/m0/s1. The predicted octanol–water partition coefficient (Wildman–Crippen LogP) is 2.51. The van der Waals surface area contributed by atoms with Crippen LogP contribution < -0.4 is 5.32 Å². The van der Waals surface area contributed by atoms with Gasteiger partial charge in [-0.2, -0.15) is 0 Å². The second-order valence-corrected chi connectivity index (χ2v) is 6.09. The lowest BCUT2D eigenvalue weighted by Crippen LogP contribution is -2.55. The number of benzene rings is 1. The van der Waals surface area contributed by atoms with Gasteiger partial charge in [0.05, 0.1) is 0 Å². The highest BCUT2D eigenvalue weighted by Gasteiger charge is 2.28. The van der Waals surface area contributed by atoms with E-state index in [9.17, 15) is 0 Å². The van der Waals surface area contributed by atoms with Crippen LogP contribution >= 0.6 is 0 Å². The van der Waals surface area contributed by atoms with Gasteiger partial charge in [0.15, 0.2) is 0 Å². The highest BCUT2D eigenvalue weighted by molar-refractivity contribution is 5.14. The summed E-state index contributed by atoms with van der Waals surface area (Å²) in [5.74, 6) is 0. The van der Waals surface area contributed by atoms with Crippen molar-refractivity contribution in [3.8, 4) is 0 Å². The monoisotopic (exact) mass is 232 g/mol. The summed E-state index contributed by atoms with van der Waals surface area (Å²) in [5.41, 5.74) is 1.76. The highest BCUT2D eigenvalue weighted by atomic mass is 15.2. The molecule has 1 fully saturated rings. The van der Waals surface area contributed by atoms with Gasteiger partial charge in [-0.3, -0.25) is 4.90 Å². The molecule has 1 aromatic rings. The third kappa shape index (κ3) is 3.55. The lowest BCUT2D eigenvalue weighted by atomic mass is 9.85. The van der Waals surface area contributed by atoms with E-state index in [4.69, 9.17) is 0 Å². The number of rotatable bonds is 2. The van der Waals surface area contributed by atoms with Gasteiger partial charge < -0.3 is 5.32 Å². The summed E-state index contributed by atoms with van der Waals surface area (Å²) < 4.78 is 0. The van der Waals surface area contributed by atoms with Gasteiger partial charge in [-0.25, -0.2) is 0 Å². The molecule has 1 aromatic carbocycles. The molecule has 17 heavy (non-hydrogen) atoms. The molecule has 1 aliphatic rings. The fraction of sp³-hybridized carbons (Fsp3) is 0.600. The van der Waals surface area contributed by atoms with Gasteiger partial charge >= 0.3 is 0 Å². The molecular weight excluding hydrogens is 208 g/mol. The highest BCUT2D eigenvalue weighted by Crippen LogP contribution is 2.22. The van der Waals surface area contributed by atoms with Crippen molar-refractivity contribution in [3.63, 3.8) is 0 Å². The van der Waals surface area contributed by atoms with E-state index in [0.717, 1.165) is 26.2 Å². The number of hydrogen-bond acceptors (Lipinski definition) is 2. The minimum absolute atomic E-state index is 0.343. The second-order valence-electron chi connectivity index (χ2n) is 6.09. The van der Waals surface area contributed by atoms with Crippen molar-refractivity contribution in [1.29, 1.82) is 0 Å². The van der Waals surface area contributed by atoms with E-state index < -0.39 is 0 Å². The van der Waals surface area contributed by atoms with Crippen LogP contribution in [0.15, 0.2) is 30.3 Å². The van der Waals surface area contributed by atoms with Gasteiger partial charge in [-0.1, -0.05) is 51.1 Å². The molecule has 0 bridgehead atoms. The van der Waals surface area contributed by atoms with Crippen LogP contribution in [0.1, 0.15) is 26.3 Å². The van der Waals surface area contributed by atoms with Gasteiger partial charge in [-0.05, 0) is 11.0 Å². The molecular formula is C15H24N2. The molecule has 1 saturated heterocycles. The maximum atomic E-state index is 3.63. The Bertz CT molecular complexity index is 340. The molecule has 0 aromatic heterocycles. The van der Waals surface area contributed by atoms with Crippen molar-refractivity contribution in [2.75, 3.05) is 19.6 Å². The van der Waals surface area contributed by atoms with E-state index in [-0.39, 0.29) is 0 Å². The Morgan fingerprint density at radius 2 is 1.94 bits per heavy atom. The van der Waals surface area contributed by atoms with Crippen LogP contribution in [0.25, 0.3) is 0 Å². The molecule has 0 radical (unpaired) electrons. The number of piperazine rings is 1. The molecule has 2 rings (SSSR count). The van der Waals surface area contributed by atoms with Crippen molar-refractivity contribution in [2.45, 2.75) is 33.4 Å². The Hall–Kier alpha value is -0.860. The first kappa shape index (κ1) is 12.6. The van der Waals surface area contributed by atoms with Crippen LogP contribution in [-0.4, -0.2) is 30.6 Å². The predicted molar refractivity (Wildman–Crippen MR) is 73.0 cm³/mol. The third-order valence-corrected chi connectivity index (χ3v) is 3.55. The first-order chi connectivity index (χ1) is 8.05. The summed E-state index contributed by atoms with van der Waals surface area (Å²) in [5, 5.41) is 3.63. The quantitative estimate of drug-likeness (QED) is 0.843. The average molecular weight is 232 g/mol. The normalized spacial score (nSPS) is 22.6. The van der Waals surface area contributed by atoms with Crippen LogP contribution in [0.2, 0.25) is 0 Å². The Morgan fingerprint density at radius 1 is 1.24 bits per heavy atom. The summed E-state index contributed by atoms with van der Waals surface area (Å²) >= 11 is 0. The molecule has 0 saturated carbocycles. The fourth-order valence-electron chi connectivity index (χ4n) is 2.38. The summed E-state index contributed by atoms with van der Waals surface area (Å²) in [7, 11) is 0. The van der Waals surface area contributed by atoms with E-state index >= 15 is 0 Å². The van der Waals surface area contributed by atoms with Gasteiger partial charge in [0.2, 0.25) is 0 Å². The summed E-state index contributed by atoms with van der Waals surface area (Å²) in [4.78, 5) is 2.56. The van der Waals surface area contributed by atoms with Crippen molar-refractivity contribution >= 4 is 0 Å². The zero-order valence-corrected chi connectivity index (χ0v) is 11.2. The molecule has 2 heteroatoms. The number of nitrogens with zero attached hydrogens (tertiary/aromatic N) is 1. The molecule has 1 atom stereocenters. The number of hydrogen-bond donors (Lipinski definition) is 1. The van der Waals surface area contributed by atoms with E-state index in [0.29, 0.717) is 11.5 Å². The van der Waals surface area contributed by atoms with Crippen LogP contribution in [0.5, 0.6) is 0 Å². The van der Waals surface area contributed by atoms with Gasteiger partial charge in [-0.15, -0.1) is 0 Å². The molecule has 0 unspecified atom stereocenters. The first-order valence-electron chi connectivity index (χ1n) is 6.55. The SMILES string of the molecule is CC(C)(C)[C@@H]1CN(Cc2ccccc2)CCN1. The van der Waals surface area contributed by atoms with Crippen molar-refractivity contribution in [3.05, 3.63) is 35.9 Å². The summed E-state index contributed by atoms with van der Waals surface area (Å²) in [6, 6.07) is 11.4. The van der Waals surface area contributed by atoms with Crippen LogP contribution in [0, 0.1) is 5.41 Å². The van der Waals surface area contributed by atoms with E-state index in [2.05, 4.69) is 61.3 Å². The lowest BCUT2D eigenvalue weighted by molar-refractivity contribution is 0.129. The molecule has 94 valence electrons. The smallest absolute Gasteiger partial charge is 0.0244 e. The lowest BCUT2D eigenvalue weighted by Gasteiger charge is -2.40. The van der Waals surface area contributed by atoms with Crippen molar-refractivity contribution < 1.29 is 0 Å².